The van der Waals surface area contributed by atoms with Crippen molar-refractivity contribution < 1.29 is 28.6 Å². The Morgan fingerprint density at radius 2 is 1.80 bits per heavy atom. The number of Topliss-reactive ketones (excluding diaryl/α,β-unsaturated/α-hetero) is 1. The van der Waals surface area contributed by atoms with E-state index in [0.717, 1.165) is 0 Å². The third kappa shape index (κ3) is 5.36. The summed E-state index contributed by atoms with van der Waals surface area (Å²) in [4.78, 5) is 38.0. The zero-order valence-electron chi connectivity index (χ0n) is 17.0. The molecule has 30 heavy (non-hydrogen) atoms. The lowest BCUT2D eigenvalue weighted by Crippen LogP contribution is -2.43. The van der Waals surface area contributed by atoms with Gasteiger partial charge in [-0.3, -0.25) is 14.4 Å². The van der Waals surface area contributed by atoms with E-state index in [9.17, 15) is 14.4 Å². The number of benzene rings is 2. The highest BCUT2D eigenvalue weighted by atomic mass is 16.5. The summed E-state index contributed by atoms with van der Waals surface area (Å²) >= 11 is 0. The molecule has 3 rings (SSSR count). The Morgan fingerprint density at radius 1 is 1.03 bits per heavy atom. The zero-order chi connectivity index (χ0) is 21.5. The van der Waals surface area contributed by atoms with Gasteiger partial charge in [-0.2, -0.15) is 0 Å². The number of hydrogen-bond donors (Lipinski definition) is 1. The zero-order valence-corrected chi connectivity index (χ0v) is 17.0. The van der Waals surface area contributed by atoms with Gasteiger partial charge < -0.3 is 24.4 Å². The summed E-state index contributed by atoms with van der Waals surface area (Å²) < 4.78 is 16.2. The lowest BCUT2D eigenvalue weighted by Gasteiger charge is -2.26. The number of nitrogens with zero attached hydrogens (tertiary/aromatic N) is 1. The molecule has 0 radical (unpaired) electrons. The van der Waals surface area contributed by atoms with Crippen LogP contribution in [0.4, 0.5) is 5.69 Å². The molecule has 8 nitrogen and oxygen atoms in total. The number of amides is 2. The molecule has 2 aromatic rings. The van der Waals surface area contributed by atoms with E-state index in [4.69, 9.17) is 14.2 Å². The maximum atomic E-state index is 12.6. The molecular weight excluding hydrogens is 388 g/mol. The molecule has 0 unspecified atom stereocenters. The van der Waals surface area contributed by atoms with Crippen molar-refractivity contribution in [1.82, 2.24) is 4.90 Å². The fourth-order valence-corrected chi connectivity index (χ4v) is 2.99. The summed E-state index contributed by atoms with van der Waals surface area (Å²) in [5.41, 5.74) is 1.38. The molecule has 0 saturated carbocycles. The highest BCUT2D eigenvalue weighted by Crippen LogP contribution is 2.28. The minimum atomic E-state index is -0.357. The number of ketones is 1. The Hall–Kier alpha value is -3.39. The van der Waals surface area contributed by atoms with Gasteiger partial charge >= 0.3 is 0 Å². The van der Waals surface area contributed by atoms with E-state index in [0.29, 0.717) is 54.6 Å². The largest absolute Gasteiger partial charge is 0.493 e. The molecule has 158 valence electrons. The van der Waals surface area contributed by atoms with Crippen LogP contribution in [0.3, 0.4) is 0 Å². The first-order valence-electron chi connectivity index (χ1n) is 9.56. The third-order valence-electron chi connectivity index (χ3n) is 4.67. The predicted molar refractivity (Wildman–Crippen MR) is 110 cm³/mol. The van der Waals surface area contributed by atoms with Crippen molar-refractivity contribution >= 4 is 23.3 Å². The van der Waals surface area contributed by atoms with Crippen molar-refractivity contribution in [2.75, 3.05) is 45.3 Å². The molecule has 1 aliphatic rings. The van der Waals surface area contributed by atoms with Gasteiger partial charge in [0.1, 0.15) is 0 Å². The van der Waals surface area contributed by atoms with E-state index in [2.05, 4.69) is 5.32 Å². The second kappa shape index (κ2) is 9.89. The fourth-order valence-electron chi connectivity index (χ4n) is 2.99. The van der Waals surface area contributed by atoms with Crippen molar-refractivity contribution in [2.24, 2.45) is 0 Å². The maximum absolute atomic E-state index is 12.6. The number of rotatable bonds is 7. The molecule has 1 heterocycles. The van der Waals surface area contributed by atoms with Gasteiger partial charge in [0.2, 0.25) is 0 Å². The van der Waals surface area contributed by atoms with Gasteiger partial charge in [0, 0.05) is 29.9 Å². The summed E-state index contributed by atoms with van der Waals surface area (Å²) in [5, 5.41) is 2.76. The molecule has 0 spiro atoms. The van der Waals surface area contributed by atoms with Crippen LogP contribution in [0.25, 0.3) is 0 Å². The molecule has 0 aromatic heterocycles. The second-order valence-electron chi connectivity index (χ2n) is 6.74. The van der Waals surface area contributed by atoms with E-state index in [1.165, 1.54) is 14.0 Å². The van der Waals surface area contributed by atoms with E-state index in [-0.39, 0.29) is 24.2 Å². The van der Waals surface area contributed by atoms with E-state index >= 15 is 0 Å². The van der Waals surface area contributed by atoms with Gasteiger partial charge in [-0.1, -0.05) is 12.1 Å². The highest BCUT2D eigenvalue weighted by molar-refractivity contribution is 6.05. The van der Waals surface area contributed by atoms with Gasteiger partial charge in [0.05, 0.1) is 20.3 Å². The SMILES string of the molecule is COc1cc(C(=O)Nc2cccc(C(C)=O)c2)ccc1OCC(=O)N1CCOCC1. The van der Waals surface area contributed by atoms with Crippen molar-refractivity contribution in [1.29, 1.82) is 0 Å². The summed E-state index contributed by atoms with van der Waals surface area (Å²) in [7, 11) is 1.46. The smallest absolute Gasteiger partial charge is 0.260 e. The van der Waals surface area contributed by atoms with Crippen molar-refractivity contribution in [2.45, 2.75) is 6.92 Å². The lowest BCUT2D eigenvalue weighted by molar-refractivity contribution is -0.137. The van der Waals surface area contributed by atoms with Gasteiger partial charge in [0.25, 0.3) is 11.8 Å². The monoisotopic (exact) mass is 412 g/mol. The van der Waals surface area contributed by atoms with E-state index < -0.39 is 0 Å². The molecule has 8 heteroatoms. The predicted octanol–water partition coefficient (Wildman–Crippen LogP) is 2.39. The number of anilines is 1. The number of hydrogen-bond acceptors (Lipinski definition) is 6. The molecule has 0 atom stereocenters. The van der Waals surface area contributed by atoms with Gasteiger partial charge in [-0.25, -0.2) is 0 Å². The molecule has 1 N–H and O–H groups in total. The first-order valence-corrected chi connectivity index (χ1v) is 9.56. The van der Waals surface area contributed by atoms with E-state index in [1.54, 1.807) is 47.4 Å². The lowest BCUT2D eigenvalue weighted by atomic mass is 10.1. The molecule has 0 bridgehead atoms. The number of ether oxygens (including phenoxy) is 3. The number of carbonyl (C=O) groups excluding carboxylic acids is 3. The summed E-state index contributed by atoms with van der Waals surface area (Å²) in [6.07, 6.45) is 0. The molecule has 1 fully saturated rings. The Morgan fingerprint density at radius 3 is 2.50 bits per heavy atom. The van der Waals surface area contributed by atoms with Crippen LogP contribution in [0.1, 0.15) is 27.6 Å². The van der Waals surface area contributed by atoms with Gasteiger partial charge in [-0.15, -0.1) is 0 Å². The van der Waals surface area contributed by atoms with Gasteiger partial charge in [-0.05, 0) is 37.3 Å². The van der Waals surface area contributed by atoms with Crippen molar-refractivity contribution in [3.05, 3.63) is 53.6 Å². The van der Waals surface area contributed by atoms with E-state index in [1.807, 2.05) is 0 Å². The van der Waals surface area contributed by atoms with Crippen LogP contribution in [0.2, 0.25) is 0 Å². The number of carbonyl (C=O) groups is 3. The normalized spacial score (nSPS) is 13.5. The molecular formula is C22H24N2O6. The van der Waals surface area contributed by atoms with Crippen LogP contribution in [0.5, 0.6) is 11.5 Å². The Labute approximate surface area is 174 Å². The average Bonchev–Trinajstić information content (AvgIpc) is 2.78. The first kappa shape index (κ1) is 21.3. The van der Waals surface area contributed by atoms with Crippen LogP contribution >= 0.6 is 0 Å². The fraction of sp³-hybridized carbons (Fsp3) is 0.318. The number of nitrogens with one attached hydrogen (secondary N) is 1. The highest BCUT2D eigenvalue weighted by Gasteiger charge is 2.18. The second-order valence-corrected chi connectivity index (χ2v) is 6.74. The van der Waals surface area contributed by atoms with Crippen molar-refractivity contribution in [3.8, 4) is 11.5 Å². The van der Waals surface area contributed by atoms with Crippen LogP contribution in [-0.2, 0) is 9.53 Å². The van der Waals surface area contributed by atoms with Crippen LogP contribution in [-0.4, -0.2) is 62.5 Å². The Balaban J connectivity index is 1.65. The molecule has 0 aliphatic carbocycles. The maximum Gasteiger partial charge on any atom is 0.260 e. The Bertz CT molecular complexity index is 937. The molecule has 1 aliphatic heterocycles. The average molecular weight is 412 g/mol. The first-order chi connectivity index (χ1) is 14.5. The van der Waals surface area contributed by atoms with Gasteiger partial charge in [0.15, 0.2) is 23.9 Å². The third-order valence-corrected chi connectivity index (χ3v) is 4.67. The van der Waals surface area contributed by atoms with Crippen LogP contribution in [0.15, 0.2) is 42.5 Å². The number of morpholine rings is 1. The van der Waals surface area contributed by atoms with Crippen LogP contribution < -0.4 is 14.8 Å². The molecule has 1 saturated heterocycles. The minimum Gasteiger partial charge on any atom is -0.493 e. The summed E-state index contributed by atoms with van der Waals surface area (Å²) in [5.74, 6) is 0.141. The topological polar surface area (TPSA) is 94.2 Å². The quantitative estimate of drug-likeness (QED) is 0.702. The summed E-state index contributed by atoms with van der Waals surface area (Å²) in [6, 6.07) is 11.4. The molecule has 2 aromatic carbocycles. The molecule has 2 amide bonds. The Kier molecular flexibility index (Phi) is 7.03. The van der Waals surface area contributed by atoms with Crippen LogP contribution in [0, 0.1) is 0 Å². The standard InChI is InChI=1S/C22H24N2O6/c1-15(25)16-4-3-5-18(12-16)23-22(27)17-6-7-19(20(13-17)28-2)30-14-21(26)24-8-10-29-11-9-24/h3-7,12-13H,8-11,14H2,1-2H3,(H,23,27). The number of methoxy groups -OCH3 is 1. The van der Waals surface area contributed by atoms with Crippen molar-refractivity contribution in [3.63, 3.8) is 0 Å². The minimum absolute atomic E-state index is 0.0825. The summed E-state index contributed by atoms with van der Waals surface area (Å²) in [6.45, 7) is 3.48.